The maximum Gasteiger partial charge on any atom is -0.00522 e. The maximum absolute atomic E-state index is 2.51. The lowest BCUT2D eigenvalue weighted by Gasteiger charge is -2.47. The minimum atomic E-state index is 0.221. The van der Waals surface area contributed by atoms with Gasteiger partial charge < -0.3 is 0 Å². The second kappa shape index (κ2) is 32.8. The van der Waals surface area contributed by atoms with Crippen LogP contribution >= 0.6 is 0 Å². The first-order chi connectivity index (χ1) is 47.3. The summed E-state index contributed by atoms with van der Waals surface area (Å²) in [6.45, 7) is 77.3. The van der Waals surface area contributed by atoms with E-state index < -0.39 is 0 Å². The molecule has 0 heterocycles. The Morgan fingerprint density at radius 2 is 0.641 bits per heavy atom. The van der Waals surface area contributed by atoms with E-state index in [-0.39, 0.29) is 37.9 Å². The number of allylic oxidation sites excluding steroid dienone is 7. The quantitative estimate of drug-likeness (QED) is 0.155. The number of fused-ring (bicyclic) bond motifs is 6. The van der Waals surface area contributed by atoms with Crippen molar-refractivity contribution in [3.05, 3.63) is 244 Å². The smallest absolute Gasteiger partial charge is 0.00522 e. The third-order valence-corrected chi connectivity index (χ3v) is 23.3. The molecule has 0 amide bonds. The second-order valence-corrected chi connectivity index (χ2v) is 42.4. The zero-order valence-electron chi connectivity index (χ0n) is 72.6. The third-order valence-electron chi connectivity index (χ3n) is 23.3. The third kappa shape index (κ3) is 22.0. The molecule has 0 nitrogen and oxygen atoms in total. The van der Waals surface area contributed by atoms with Crippen LogP contribution in [0.15, 0.2) is 144 Å². The number of rotatable bonds is 3. The molecule has 0 fully saturated rings. The van der Waals surface area contributed by atoms with Crippen molar-refractivity contribution in [2.45, 2.75) is 339 Å². The molecule has 562 valence electrons. The molecule has 6 aromatic rings. The van der Waals surface area contributed by atoms with Gasteiger partial charge in [0.2, 0.25) is 0 Å². The highest BCUT2D eigenvalue weighted by Gasteiger charge is 2.42. The summed E-state index contributed by atoms with van der Waals surface area (Å²) in [4.78, 5) is 0. The van der Waals surface area contributed by atoms with Gasteiger partial charge in [0.05, 0.1) is 0 Å². The summed E-state index contributed by atoms with van der Waals surface area (Å²) in [6.07, 6.45) is 23.6. The van der Waals surface area contributed by atoms with Crippen LogP contribution in [0.25, 0.3) is 11.6 Å². The SMILES string of the molecule is CC(C)(C)C1=C(C(C)(C)C)Cc2ccccc2C1.CC(C)(C)C1Cc2ccccc2CC1C(C)(C)C.CC(C)(C)c1cc2c(cc1C(C)(C)C)CC=CC2.CC(C)(C)c1cc2c(cc1C(C)(C)C)CCCC2.CC(C)C1=C(C(C)(C)C)c2ccccc2C1.CC(C)c1cc2c(cc1C(C)C)CC=C2. The molecule has 2 atom stereocenters. The van der Waals surface area contributed by atoms with E-state index >= 15 is 0 Å². The number of benzene rings is 6. The van der Waals surface area contributed by atoms with Crippen molar-refractivity contribution in [3.8, 4) is 0 Å². The van der Waals surface area contributed by atoms with Crippen LogP contribution in [0.2, 0.25) is 0 Å². The number of hydrogen-bond acceptors (Lipinski definition) is 0. The molecule has 0 aromatic heterocycles. The zero-order valence-corrected chi connectivity index (χ0v) is 72.6. The van der Waals surface area contributed by atoms with E-state index in [2.05, 4.69) is 362 Å². The van der Waals surface area contributed by atoms with Crippen LogP contribution in [0.5, 0.6) is 0 Å². The van der Waals surface area contributed by atoms with Gasteiger partial charge in [0.1, 0.15) is 0 Å². The molecule has 0 saturated heterocycles. The largest absolute Gasteiger partial charge is 0.0838 e. The first kappa shape index (κ1) is 84.5. The Labute approximate surface area is 635 Å². The average molecular weight is 1390 g/mol. The van der Waals surface area contributed by atoms with E-state index in [0.29, 0.717) is 28.6 Å². The van der Waals surface area contributed by atoms with E-state index in [1.807, 2.05) is 0 Å². The number of aryl methyl sites for hydroxylation is 2. The van der Waals surface area contributed by atoms with Crippen LogP contribution in [-0.2, 0) is 85.9 Å². The van der Waals surface area contributed by atoms with Crippen molar-refractivity contribution in [2.24, 2.45) is 44.8 Å². The predicted molar refractivity (Wildman–Crippen MR) is 459 cm³/mol. The molecule has 0 radical (unpaired) electrons. The fourth-order valence-corrected chi connectivity index (χ4v) is 17.3. The molecule has 0 saturated carbocycles. The van der Waals surface area contributed by atoms with Crippen LogP contribution in [-0.4, -0.2) is 0 Å². The van der Waals surface area contributed by atoms with Crippen LogP contribution in [0.4, 0.5) is 0 Å². The summed E-state index contributed by atoms with van der Waals surface area (Å²) >= 11 is 0. The summed E-state index contributed by atoms with van der Waals surface area (Å²) in [5.74, 6) is 3.48. The lowest BCUT2D eigenvalue weighted by molar-refractivity contribution is 0.0626. The molecule has 0 aliphatic heterocycles. The molecule has 103 heavy (non-hydrogen) atoms. The monoisotopic (exact) mass is 1390 g/mol. The molecule has 6 aliphatic carbocycles. The van der Waals surface area contributed by atoms with E-state index in [1.54, 1.807) is 55.7 Å². The lowest BCUT2D eigenvalue weighted by atomic mass is 9.58. The van der Waals surface area contributed by atoms with Crippen molar-refractivity contribution < 1.29 is 0 Å². The maximum atomic E-state index is 2.51. The van der Waals surface area contributed by atoms with Crippen LogP contribution in [0.1, 0.15) is 353 Å². The van der Waals surface area contributed by atoms with Gasteiger partial charge in [-0.15, -0.1) is 0 Å². The average Bonchev–Trinajstić information content (AvgIpc) is 1.77. The van der Waals surface area contributed by atoms with Crippen molar-refractivity contribution in [2.75, 3.05) is 0 Å². The topological polar surface area (TPSA) is 0 Å². The molecule has 0 bridgehead atoms. The van der Waals surface area contributed by atoms with Gasteiger partial charge in [-0.2, -0.15) is 0 Å². The van der Waals surface area contributed by atoms with Gasteiger partial charge in [-0.05, 0) is 261 Å². The normalized spacial score (nSPS) is 17.4. The molecule has 0 spiro atoms. The summed E-state index contributed by atoms with van der Waals surface area (Å²) < 4.78 is 0. The molecular formula is C103H150. The standard InChI is InChI=1S/2C18H28.2C18H26.C16H22.C15H20/c4*1-17(2,3)15-11-13-9-7-8-10-14(13)12-16(15)18(4,5)6;1-11(2)14-10-12-8-6-7-9-13(12)15(14)16(3,4)5;1-10(2)14-8-12-6-5-7-13(12)9-15(14)11(3)4/h11-12H,7-10H2,1-6H3;7-10,15-16H,11-12H2,1-6H3;7-8,11-12H,9-10H2,1-6H3;7-10H,11-12H2,1-6H3;6-9,11H,10H2,1-5H3;5-6,8-11H,7H2,1-4H3. The molecule has 6 aromatic carbocycles. The van der Waals surface area contributed by atoms with Gasteiger partial charge in [-0.25, -0.2) is 0 Å². The molecule has 6 aliphatic rings. The molecule has 12 rings (SSSR count). The van der Waals surface area contributed by atoms with E-state index in [4.69, 9.17) is 0 Å². The Hall–Kier alpha value is -5.72. The highest BCUT2D eigenvalue weighted by molar-refractivity contribution is 5.79. The van der Waals surface area contributed by atoms with Gasteiger partial charge in [-0.3, -0.25) is 0 Å². The van der Waals surface area contributed by atoms with E-state index in [9.17, 15) is 0 Å². The van der Waals surface area contributed by atoms with Crippen LogP contribution in [0, 0.1) is 44.8 Å². The summed E-state index contributed by atoms with van der Waals surface area (Å²) in [6, 6.07) is 41.6. The molecule has 0 N–H and O–H groups in total. The Bertz CT molecular complexity index is 3800. The highest BCUT2D eigenvalue weighted by atomic mass is 14.5. The lowest BCUT2D eigenvalue weighted by Crippen LogP contribution is -2.41. The Morgan fingerprint density at radius 1 is 0.301 bits per heavy atom. The Balaban J connectivity index is 0.000000173. The van der Waals surface area contributed by atoms with Crippen molar-refractivity contribution in [1.82, 2.24) is 0 Å². The Kier molecular flexibility index (Phi) is 26.9. The Morgan fingerprint density at radius 3 is 0.981 bits per heavy atom. The summed E-state index contributed by atoms with van der Waals surface area (Å²) in [7, 11) is 0. The minimum absolute atomic E-state index is 0.221. The van der Waals surface area contributed by atoms with Crippen LogP contribution < -0.4 is 0 Å². The number of hydrogen-bond donors (Lipinski definition) is 0. The fourth-order valence-electron chi connectivity index (χ4n) is 17.3. The second-order valence-electron chi connectivity index (χ2n) is 42.4. The first-order valence-corrected chi connectivity index (χ1v) is 40.8. The van der Waals surface area contributed by atoms with Crippen LogP contribution in [0.3, 0.4) is 0 Å². The van der Waals surface area contributed by atoms with Crippen molar-refractivity contribution in [3.63, 3.8) is 0 Å². The van der Waals surface area contributed by atoms with Gasteiger partial charge in [0, 0.05) is 0 Å². The van der Waals surface area contributed by atoms with Gasteiger partial charge in [0.25, 0.3) is 0 Å². The molecule has 0 heteroatoms. The van der Waals surface area contributed by atoms with Gasteiger partial charge in [0.15, 0.2) is 0 Å². The fraction of sp³-hybridized carbons (Fsp3) is 0.573. The first-order valence-electron chi connectivity index (χ1n) is 40.8. The van der Waals surface area contributed by atoms with Gasteiger partial charge in [-0.1, -0.05) is 379 Å². The predicted octanol–water partition coefficient (Wildman–Crippen LogP) is 29.6. The zero-order chi connectivity index (χ0) is 77.1. The minimum Gasteiger partial charge on any atom is -0.0838 e. The molecule has 2 unspecified atom stereocenters. The highest BCUT2D eigenvalue weighted by Crippen LogP contribution is 2.50. The van der Waals surface area contributed by atoms with E-state index in [1.165, 1.54) is 105 Å². The summed E-state index contributed by atoms with van der Waals surface area (Å²) in [5, 5.41) is 0. The summed E-state index contributed by atoms with van der Waals surface area (Å²) in [5.41, 5.74) is 36.6. The van der Waals surface area contributed by atoms with Gasteiger partial charge >= 0.3 is 0 Å². The van der Waals surface area contributed by atoms with Crippen molar-refractivity contribution >= 4 is 11.6 Å². The molecular weight excluding hydrogens is 1240 g/mol. The van der Waals surface area contributed by atoms with E-state index in [0.717, 1.165) is 50.4 Å². The van der Waals surface area contributed by atoms with Crippen molar-refractivity contribution in [1.29, 1.82) is 0 Å².